The van der Waals surface area contributed by atoms with E-state index >= 15 is 0 Å². The molecule has 28 heavy (non-hydrogen) atoms. The molecule has 1 aliphatic rings. The molecule has 0 atom stereocenters. The fourth-order valence-electron chi connectivity index (χ4n) is 3.46. The Morgan fingerprint density at radius 1 is 1.14 bits per heavy atom. The van der Waals surface area contributed by atoms with Crippen LogP contribution in [0.1, 0.15) is 31.2 Å². The summed E-state index contributed by atoms with van der Waals surface area (Å²) in [7, 11) is -1.11. The van der Waals surface area contributed by atoms with Gasteiger partial charge in [-0.3, -0.25) is 4.79 Å². The number of ether oxygens (including phenoxy) is 2. The number of amides is 1. The van der Waals surface area contributed by atoms with E-state index in [1.165, 1.54) is 14.2 Å². The summed E-state index contributed by atoms with van der Waals surface area (Å²) in [5, 5.41) is 0. The SMILES string of the molecule is COc1cccc(CN(C(=O)C2CCC(C(F)(F)F)CC2)S(C)(=O)=O)c1OC. The molecular formula is C18H24F3NO5S. The van der Waals surface area contributed by atoms with Crippen molar-refractivity contribution in [1.82, 2.24) is 4.31 Å². The molecule has 1 aliphatic carbocycles. The molecule has 158 valence electrons. The molecule has 0 heterocycles. The Morgan fingerprint density at radius 3 is 2.21 bits per heavy atom. The molecule has 1 aromatic carbocycles. The van der Waals surface area contributed by atoms with E-state index in [1.807, 2.05) is 0 Å². The number of alkyl halides is 3. The maximum atomic E-state index is 12.9. The highest BCUT2D eigenvalue weighted by molar-refractivity contribution is 7.88. The lowest BCUT2D eigenvalue weighted by Gasteiger charge is -2.32. The van der Waals surface area contributed by atoms with E-state index in [0.717, 1.165) is 6.26 Å². The van der Waals surface area contributed by atoms with Gasteiger partial charge < -0.3 is 9.47 Å². The molecule has 0 aliphatic heterocycles. The van der Waals surface area contributed by atoms with E-state index in [9.17, 15) is 26.4 Å². The monoisotopic (exact) mass is 423 g/mol. The van der Waals surface area contributed by atoms with Gasteiger partial charge in [0.1, 0.15) is 0 Å². The van der Waals surface area contributed by atoms with Gasteiger partial charge in [-0.15, -0.1) is 0 Å². The lowest BCUT2D eigenvalue weighted by Crippen LogP contribution is -2.41. The van der Waals surface area contributed by atoms with Gasteiger partial charge in [-0.05, 0) is 31.7 Å². The number of benzene rings is 1. The average Bonchev–Trinajstić information content (AvgIpc) is 2.63. The maximum absolute atomic E-state index is 12.9. The Hall–Kier alpha value is -1.97. The summed E-state index contributed by atoms with van der Waals surface area (Å²) in [4.78, 5) is 12.9. The first-order chi connectivity index (χ1) is 13.0. The third kappa shape index (κ3) is 5.09. The van der Waals surface area contributed by atoms with Crippen molar-refractivity contribution in [2.45, 2.75) is 38.4 Å². The molecule has 0 radical (unpaired) electrons. The van der Waals surface area contributed by atoms with E-state index in [1.54, 1.807) is 18.2 Å². The van der Waals surface area contributed by atoms with Crippen LogP contribution in [0.2, 0.25) is 0 Å². The third-order valence-electron chi connectivity index (χ3n) is 4.98. The van der Waals surface area contributed by atoms with Crippen LogP contribution in [-0.4, -0.2) is 45.3 Å². The summed E-state index contributed by atoms with van der Waals surface area (Å²) in [6, 6.07) is 4.87. The lowest BCUT2D eigenvalue weighted by molar-refractivity contribution is -0.185. The molecule has 6 nitrogen and oxygen atoms in total. The molecular weight excluding hydrogens is 399 g/mol. The summed E-state index contributed by atoms with van der Waals surface area (Å²) in [5.41, 5.74) is 0.421. The van der Waals surface area contributed by atoms with Crippen molar-refractivity contribution in [2.24, 2.45) is 11.8 Å². The summed E-state index contributed by atoms with van der Waals surface area (Å²) >= 11 is 0. The van der Waals surface area contributed by atoms with Crippen LogP contribution in [0.15, 0.2) is 18.2 Å². The molecule has 0 N–H and O–H groups in total. The molecule has 0 saturated heterocycles. The molecule has 0 bridgehead atoms. The molecule has 1 amide bonds. The predicted molar refractivity (Wildman–Crippen MR) is 96.4 cm³/mol. The zero-order chi connectivity index (χ0) is 21.1. The van der Waals surface area contributed by atoms with Crippen LogP contribution in [0.3, 0.4) is 0 Å². The summed E-state index contributed by atoms with van der Waals surface area (Å²) in [5.74, 6) is -2.21. The Morgan fingerprint density at radius 2 is 1.75 bits per heavy atom. The summed E-state index contributed by atoms with van der Waals surface area (Å²) < 4.78 is 74.2. The second kappa shape index (κ2) is 8.59. The van der Waals surface area contributed by atoms with Gasteiger partial charge in [-0.25, -0.2) is 12.7 Å². The molecule has 0 unspecified atom stereocenters. The average molecular weight is 423 g/mol. The first-order valence-corrected chi connectivity index (χ1v) is 10.6. The van der Waals surface area contributed by atoms with Crippen molar-refractivity contribution in [1.29, 1.82) is 0 Å². The van der Waals surface area contributed by atoms with Crippen LogP contribution in [-0.2, 0) is 21.4 Å². The molecule has 10 heteroatoms. The van der Waals surface area contributed by atoms with Crippen LogP contribution < -0.4 is 9.47 Å². The minimum absolute atomic E-state index is 0.00424. The smallest absolute Gasteiger partial charge is 0.391 e. The number of sulfonamides is 1. The molecule has 1 aromatic rings. The topological polar surface area (TPSA) is 72.9 Å². The normalized spacial score (nSPS) is 20.5. The molecule has 0 spiro atoms. The Balaban J connectivity index is 2.23. The highest BCUT2D eigenvalue weighted by atomic mass is 32.2. The Labute approximate surface area is 162 Å². The number of hydrogen-bond donors (Lipinski definition) is 0. The number of nitrogens with zero attached hydrogens (tertiary/aromatic N) is 1. The van der Waals surface area contributed by atoms with E-state index in [2.05, 4.69) is 0 Å². The van der Waals surface area contributed by atoms with Gasteiger partial charge in [0.25, 0.3) is 0 Å². The fourth-order valence-corrected chi connectivity index (χ4v) is 4.31. The maximum Gasteiger partial charge on any atom is 0.391 e. The number of methoxy groups -OCH3 is 2. The van der Waals surface area contributed by atoms with Gasteiger partial charge in [-0.2, -0.15) is 13.2 Å². The van der Waals surface area contributed by atoms with Crippen LogP contribution in [0.4, 0.5) is 13.2 Å². The fraction of sp³-hybridized carbons (Fsp3) is 0.611. The van der Waals surface area contributed by atoms with Crippen molar-refractivity contribution in [3.05, 3.63) is 23.8 Å². The van der Waals surface area contributed by atoms with Gasteiger partial charge in [-0.1, -0.05) is 12.1 Å². The van der Waals surface area contributed by atoms with Crippen LogP contribution >= 0.6 is 0 Å². The first kappa shape index (κ1) is 22.3. The van der Waals surface area contributed by atoms with Crippen molar-refractivity contribution in [3.8, 4) is 11.5 Å². The number of carbonyl (C=O) groups excluding carboxylic acids is 1. The summed E-state index contributed by atoms with van der Waals surface area (Å²) in [6.07, 6.45) is -3.74. The van der Waals surface area contributed by atoms with Gasteiger partial charge in [0, 0.05) is 11.5 Å². The van der Waals surface area contributed by atoms with Crippen molar-refractivity contribution in [3.63, 3.8) is 0 Å². The largest absolute Gasteiger partial charge is 0.493 e. The molecule has 1 fully saturated rings. The Bertz CT molecular complexity index is 802. The third-order valence-corrected chi connectivity index (χ3v) is 6.09. The molecule has 0 aromatic heterocycles. The van der Waals surface area contributed by atoms with Gasteiger partial charge >= 0.3 is 6.18 Å². The number of carbonyl (C=O) groups is 1. The van der Waals surface area contributed by atoms with Crippen molar-refractivity contribution in [2.75, 3.05) is 20.5 Å². The molecule has 1 saturated carbocycles. The number of hydrogen-bond acceptors (Lipinski definition) is 5. The predicted octanol–water partition coefficient (Wildman–Crippen LogP) is 3.36. The van der Waals surface area contributed by atoms with Crippen LogP contribution in [0.25, 0.3) is 0 Å². The quantitative estimate of drug-likeness (QED) is 0.702. The minimum atomic E-state index is -4.29. The highest BCUT2D eigenvalue weighted by Gasteiger charge is 2.43. The summed E-state index contributed by atoms with van der Waals surface area (Å²) in [6.45, 7) is -0.281. The highest BCUT2D eigenvalue weighted by Crippen LogP contribution is 2.40. The van der Waals surface area contributed by atoms with Gasteiger partial charge in [0.15, 0.2) is 11.5 Å². The van der Waals surface area contributed by atoms with E-state index in [4.69, 9.17) is 9.47 Å². The van der Waals surface area contributed by atoms with Gasteiger partial charge in [0.2, 0.25) is 15.9 Å². The van der Waals surface area contributed by atoms with E-state index in [-0.39, 0.29) is 32.2 Å². The van der Waals surface area contributed by atoms with Gasteiger partial charge in [0.05, 0.1) is 32.9 Å². The zero-order valence-electron chi connectivity index (χ0n) is 16.0. The number of halogens is 3. The van der Waals surface area contributed by atoms with Crippen molar-refractivity contribution < 1.29 is 35.9 Å². The van der Waals surface area contributed by atoms with Crippen LogP contribution in [0, 0.1) is 11.8 Å². The van der Waals surface area contributed by atoms with E-state index in [0.29, 0.717) is 21.4 Å². The molecule has 2 rings (SSSR count). The first-order valence-electron chi connectivity index (χ1n) is 8.77. The second-order valence-corrected chi connectivity index (χ2v) is 8.76. The minimum Gasteiger partial charge on any atom is -0.493 e. The number of para-hydroxylation sites is 1. The van der Waals surface area contributed by atoms with Crippen molar-refractivity contribution >= 4 is 15.9 Å². The van der Waals surface area contributed by atoms with Crippen LogP contribution in [0.5, 0.6) is 11.5 Å². The lowest BCUT2D eigenvalue weighted by atomic mass is 9.81. The standard InChI is InChI=1S/C18H24F3NO5S/c1-26-15-6-4-5-13(16(15)27-2)11-22(28(3,24)25)17(23)12-7-9-14(10-8-12)18(19,20)21/h4-6,12,14H,7-11H2,1-3H3. The van der Waals surface area contributed by atoms with E-state index < -0.39 is 33.9 Å². The Kier molecular flexibility index (Phi) is 6.84. The zero-order valence-corrected chi connectivity index (χ0v) is 16.8. The second-order valence-electron chi connectivity index (χ2n) is 6.85. The number of rotatable bonds is 6.